The van der Waals surface area contributed by atoms with Crippen LogP contribution in [0.2, 0.25) is 5.28 Å². The topological polar surface area (TPSA) is 43.1 Å². The number of hydrogen-bond acceptors (Lipinski definition) is 3. The molecule has 2 aromatic rings. The van der Waals surface area contributed by atoms with Gasteiger partial charge in [-0.25, -0.2) is 14.5 Å². The molecule has 0 spiro atoms. The zero-order valence-corrected chi connectivity index (χ0v) is 10.2. The molecule has 1 aliphatic rings. The summed E-state index contributed by atoms with van der Waals surface area (Å²) in [7, 11) is 0. The summed E-state index contributed by atoms with van der Waals surface area (Å²) >= 11 is 5.76. The second kappa shape index (κ2) is 3.63. The van der Waals surface area contributed by atoms with Crippen LogP contribution in [0.1, 0.15) is 38.4 Å². The number of nitrogens with zero attached hydrogens (tertiary/aromatic N) is 4. The van der Waals surface area contributed by atoms with Crippen LogP contribution in [0.3, 0.4) is 0 Å². The van der Waals surface area contributed by atoms with Gasteiger partial charge in [0.2, 0.25) is 11.2 Å². The molecule has 6 heteroatoms. The first-order valence-electron chi connectivity index (χ1n) is 5.73. The van der Waals surface area contributed by atoms with Crippen molar-refractivity contribution in [3.63, 3.8) is 0 Å². The van der Waals surface area contributed by atoms with E-state index in [9.17, 15) is 4.39 Å². The Bertz CT molecular complexity index is 571. The summed E-state index contributed by atoms with van der Waals surface area (Å²) in [5.74, 6) is 0.166. The molecule has 0 N–H and O–H groups in total. The number of fused-ring (bicyclic) bond motifs is 1. The van der Waals surface area contributed by atoms with E-state index in [1.165, 1.54) is 10.7 Å². The maximum Gasteiger partial charge on any atom is 0.242 e. The smallest absolute Gasteiger partial charge is 0.223 e. The van der Waals surface area contributed by atoms with Crippen LogP contribution >= 0.6 is 11.6 Å². The van der Waals surface area contributed by atoms with E-state index in [1.807, 2.05) is 0 Å². The maximum atomic E-state index is 13.7. The molecule has 0 aromatic carbocycles. The van der Waals surface area contributed by atoms with Gasteiger partial charge in [-0.05, 0) is 30.9 Å². The third-order valence-electron chi connectivity index (χ3n) is 3.78. The SMILES string of the molecule is CCC1(c2nc(F)c3cnc(Cl)nn23)CCC1. The molecule has 0 radical (unpaired) electrons. The fourth-order valence-corrected chi connectivity index (χ4v) is 2.64. The van der Waals surface area contributed by atoms with Crippen LogP contribution in [0.15, 0.2) is 6.20 Å². The molecule has 0 amide bonds. The summed E-state index contributed by atoms with van der Waals surface area (Å²) in [4.78, 5) is 7.82. The quantitative estimate of drug-likeness (QED) is 0.828. The summed E-state index contributed by atoms with van der Waals surface area (Å²) < 4.78 is 15.2. The molecule has 17 heavy (non-hydrogen) atoms. The summed E-state index contributed by atoms with van der Waals surface area (Å²) in [5.41, 5.74) is 0.259. The second-order valence-electron chi connectivity index (χ2n) is 4.54. The molecule has 0 saturated heterocycles. The van der Waals surface area contributed by atoms with Crippen molar-refractivity contribution < 1.29 is 4.39 Å². The van der Waals surface area contributed by atoms with Gasteiger partial charge >= 0.3 is 0 Å². The highest BCUT2D eigenvalue weighted by Gasteiger charge is 2.41. The van der Waals surface area contributed by atoms with Gasteiger partial charge in [-0.1, -0.05) is 13.3 Å². The molecule has 3 rings (SSSR count). The van der Waals surface area contributed by atoms with E-state index in [4.69, 9.17) is 11.6 Å². The van der Waals surface area contributed by atoms with Crippen molar-refractivity contribution >= 4 is 17.1 Å². The number of halogens is 2. The zero-order chi connectivity index (χ0) is 12.0. The van der Waals surface area contributed by atoms with Crippen molar-refractivity contribution in [3.05, 3.63) is 23.3 Å². The fourth-order valence-electron chi connectivity index (χ4n) is 2.51. The highest BCUT2D eigenvalue weighted by Crippen LogP contribution is 2.45. The van der Waals surface area contributed by atoms with Gasteiger partial charge in [-0.2, -0.15) is 4.39 Å². The average molecular weight is 255 g/mol. The Hall–Kier alpha value is -1.23. The summed E-state index contributed by atoms with van der Waals surface area (Å²) in [5, 5.41) is 4.17. The third kappa shape index (κ3) is 1.45. The lowest BCUT2D eigenvalue weighted by Crippen LogP contribution is -2.35. The zero-order valence-electron chi connectivity index (χ0n) is 9.45. The first kappa shape index (κ1) is 10.9. The van der Waals surface area contributed by atoms with Gasteiger partial charge in [0.1, 0.15) is 11.3 Å². The minimum absolute atomic E-state index is 0.0368. The van der Waals surface area contributed by atoms with Crippen molar-refractivity contribution in [2.24, 2.45) is 0 Å². The molecule has 0 atom stereocenters. The predicted molar refractivity (Wildman–Crippen MR) is 61.6 cm³/mol. The molecule has 4 nitrogen and oxygen atoms in total. The van der Waals surface area contributed by atoms with Gasteiger partial charge in [0.05, 0.1) is 6.20 Å². The monoisotopic (exact) mass is 254 g/mol. The molecule has 1 saturated carbocycles. The van der Waals surface area contributed by atoms with Gasteiger partial charge in [0.25, 0.3) is 0 Å². The van der Waals surface area contributed by atoms with Crippen LogP contribution in [0, 0.1) is 5.95 Å². The summed E-state index contributed by atoms with van der Waals surface area (Å²) in [6, 6.07) is 0. The number of imidazole rings is 1. The standard InChI is InChI=1S/C11H12ClFN4/c1-2-11(4-3-5-11)9-15-8(13)7-6-14-10(12)16-17(7)9/h6H,2-5H2,1H3. The third-order valence-corrected chi connectivity index (χ3v) is 3.96. The lowest BCUT2D eigenvalue weighted by molar-refractivity contribution is 0.216. The van der Waals surface area contributed by atoms with Crippen molar-refractivity contribution in [2.75, 3.05) is 0 Å². The molecule has 90 valence electrons. The van der Waals surface area contributed by atoms with Gasteiger partial charge in [0, 0.05) is 5.41 Å². The Balaban J connectivity index is 2.25. The Morgan fingerprint density at radius 2 is 2.29 bits per heavy atom. The van der Waals surface area contributed by atoms with Gasteiger partial charge in [-0.3, -0.25) is 0 Å². The van der Waals surface area contributed by atoms with Crippen molar-refractivity contribution in [1.82, 2.24) is 19.6 Å². The molecule has 0 unspecified atom stereocenters. The first-order chi connectivity index (χ1) is 8.16. The van der Waals surface area contributed by atoms with E-state index in [0.717, 1.165) is 25.7 Å². The molecule has 0 bridgehead atoms. The minimum Gasteiger partial charge on any atom is -0.223 e. The summed E-state index contributed by atoms with van der Waals surface area (Å²) in [6.45, 7) is 2.10. The van der Waals surface area contributed by atoms with Crippen LogP contribution < -0.4 is 0 Å². The van der Waals surface area contributed by atoms with Crippen LogP contribution in [0.5, 0.6) is 0 Å². The molecular formula is C11H12ClFN4. The van der Waals surface area contributed by atoms with E-state index < -0.39 is 5.95 Å². The first-order valence-corrected chi connectivity index (χ1v) is 6.11. The molecular weight excluding hydrogens is 243 g/mol. The molecule has 1 fully saturated rings. The van der Waals surface area contributed by atoms with E-state index in [-0.39, 0.29) is 10.7 Å². The molecule has 2 heterocycles. The Morgan fingerprint density at radius 3 is 2.88 bits per heavy atom. The van der Waals surface area contributed by atoms with E-state index >= 15 is 0 Å². The Kier molecular flexibility index (Phi) is 2.33. The van der Waals surface area contributed by atoms with E-state index in [0.29, 0.717) is 11.3 Å². The van der Waals surface area contributed by atoms with Crippen molar-refractivity contribution in [3.8, 4) is 0 Å². The van der Waals surface area contributed by atoms with Gasteiger partial charge in [-0.15, -0.1) is 5.10 Å². The summed E-state index contributed by atoms with van der Waals surface area (Å²) in [6.07, 6.45) is 5.53. The van der Waals surface area contributed by atoms with E-state index in [2.05, 4.69) is 22.0 Å². The average Bonchev–Trinajstić information content (AvgIpc) is 2.56. The number of hydrogen-bond donors (Lipinski definition) is 0. The maximum absolute atomic E-state index is 13.7. The van der Waals surface area contributed by atoms with Crippen LogP contribution in [0.4, 0.5) is 4.39 Å². The van der Waals surface area contributed by atoms with Crippen LogP contribution in [-0.2, 0) is 5.41 Å². The Morgan fingerprint density at radius 1 is 1.53 bits per heavy atom. The van der Waals surface area contributed by atoms with Crippen LogP contribution in [-0.4, -0.2) is 19.6 Å². The number of rotatable bonds is 2. The Labute approximate surface area is 103 Å². The molecule has 2 aromatic heterocycles. The lowest BCUT2D eigenvalue weighted by atomic mass is 9.66. The fraction of sp³-hybridized carbons (Fsp3) is 0.545. The van der Waals surface area contributed by atoms with Gasteiger partial charge in [0.15, 0.2) is 0 Å². The van der Waals surface area contributed by atoms with Crippen molar-refractivity contribution in [2.45, 2.75) is 38.0 Å². The van der Waals surface area contributed by atoms with Crippen LogP contribution in [0.25, 0.3) is 5.52 Å². The minimum atomic E-state index is -0.517. The largest absolute Gasteiger partial charge is 0.242 e. The van der Waals surface area contributed by atoms with Gasteiger partial charge < -0.3 is 0 Å². The normalized spacial score (nSPS) is 18.3. The van der Waals surface area contributed by atoms with Crippen molar-refractivity contribution in [1.29, 1.82) is 0 Å². The highest BCUT2D eigenvalue weighted by atomic mass is 35.5. The van der Waals surface area contributed by atoms with E-state index in [1.54, 1.807) is 0 Å². The lowest BCUT2D eigenvalue weighted by Gasteiger charge is -2.39. The molecule has 0 aliphatic heterocycles. The second-order valence-corrected chi connectivity index (χ2v) is 4.88. The predicted octanol–water partition coefficient (Wildman–Crippen LogP) is 2.75. The number of aromatic nitrogens is 4. The highest BCUT2D eigenvalue weighted by molar-refractivity contribution is 6.28. The molecule has 1 aliphatic carbocycles.